The summed E-state index contributed by atoms with van der Waals surface area (Å²) in [6, 6.07) is 7.43. The largest absolute Gasteiger partial charge is 0.204 e. The summed E-state index contributed by atoms with van der Waals surface area (Å²) in [6.07, 6.45) is 0. The monoisotopic (exact) mass is 212 g/mol. The topological polar surface area (TPSA) is 43.6 Å². The number of hydrogen-bond acceptors (Lipinski definition) is 3. The van der Waals surface area contributed by atoms with E-state index in [2.05, 4.69) is 15.4 Å². The first-order chi connectivity index (χ1) is 7.47. The Balaban J connectivity index is 2.35. The molecule has 1 aromatic carbocycles. The van der Waals surface area contributed by atoms with E-state index in [4.69, 9.17) is 7.85 Å². The van der Waals surface area contributed by atoms with Crippen LogP contribution in [0, 0.1) is 0 Å². The third kappa shape index (κ3) is 2.13. The molecule has 1 aromatic heterocycles. The second-order valence-corrected chi connectivity index (χ2v) is 4.70. The van der Waals surface area contributed by atoms with Gasteiger partial charge in [-0.1, -0.05) is 29.7 Å². The van der Waals surface area contributed by atoms with Crippen LogP contribution in [0.4, 0.5) is 0 Å². The number of rotatable bonds is 1. The minimum absolute atomic E-state index is 0.154. The summed E-state index contributed by atoms with van der Waals surface area (Å²) in [4.78, 5) is 1.61. The summed E-state index contributed by atoms with van der Waals surface area (Å²) >= 11 is 0. The SMILES string of the molecule is [B]c1ccc(-c2nnn(C(C)(C)C)n2)cc1. The van der Waals surface area contributed by atoms with E-state index in [1.54, 1.807) is 4.80 Å². The molecule has 0 aliphatic rings. The Morgan fingerprint density at radius 1 is 1.12 bits per heavy atom. The summed E-state index contributed by atoms with van der Waals surface area (Å²) in [7, 11) is 5.62. The smallest absolute Gasteiger partial charge is 0.158 e. The molecule has 0 spiro atoms. The van der Waals surface area contributed by atoms with Gasteiger partial charge in [0.15, 0.2) is 0 Å². The average molecular weight is 212 g/mol. The van der Waals surface area contributed by atoms with Gasteiger partial charge in [-0.05, 0) is 26.0 Å². The van der Waals surface area contributed by atoms with Crippen LogP contribution in [0.2, 0.25) is 0 Å². The Kier molecular flexibility index (Phi) is 2.54. The van der Waals surface area contributed by atoms with Crippen LogP contribution < -0.4 is 5.46 Å². The molecular formula is C11H13BN4. The van der Waals surface area contributed by atoms with Crippen LogP contribution in [0.5, 0.6) is 0 Å². The lowest BCUT2D eigenvalue weighted by Gasteiger charge is -2.15. The summed E-state index contributed by atoms with van der Waals surface area (Å²) in [5, 5.41) is 12.4. The second-order valence-electron chi connectivity index (χ2n) is 4.70. The minimum Gasteiger partial charge on any atom is -0.158 e. The second kappa shape index (κ2) is 3.74. The first kappa shape index (κ1) is 10.9. The van der Waals surface area contributed by atoms with Crippen molar-refractivity contribution in [3.63, 3.8) is 0 Å². The van der Waals surface area contributed by atoms with Crippen molar-refractivity contribution in [2.75, 3.05) is 0 Å². The van der Waals surface area contributed by atoms with Gasteiger partial charge in [-0.2, -0.15) is 4.80 Å². The summed E-state index contributed by atoms with van der Waals surface area (Å²) < 4.78 is 0. The molecule has 2 aromatic rings. The molecule has 0 N–H and O–H groups in total. The third-order valence-corrected chi connectivity index (χ3v) is 2.18. The van der Waals surface area contributed by atoms with E-state index in [9.17, 15) is 0 Å². The molecule has 1 heterocycles. The third-order valence-electron chi connectivity index (χ3n) is 2.18. The quantitative estimate of drug-likeness (QED) is 0.659. The van der Waals surface area contributed by atoms with Gasteiger partial charge in [0.25, 0.3) is 0 Å². The van der Waals surface area contributed by atoms with Crippen LogP contribution >= 0.6 is 0 Å². The molecule has 0 aliphatic carbocycles. The maximum absolute atomic E-state index is 5.62. The van der Waals surface area contributed by atoms with Gasteiger partial charge in [-0.15, -0.1) is 10.2 Å². The van der Waals surface area contributed by atoms with Crippen LogP contribution in [0.25, 0.3) is 11.4 Å². The van der Waals surface area contributed by atoms with E-state index in [1.807, 2.05) is 45.0 Å². The Bertz CT molecular complexity index is 481. The fraction of sp³-hybridized carbons (Fsp3) is 0.364. The lowest BCUT2D eigenvalue weighted by Crippen LogP contribution is -2.24. The van der Waals surface area contributed by atoms with Crippen molar-refractivity contribution >= 4 is 13.3 Å². The summed E-state index contributed by atoms with van der Waals surface area (Å²) in [6.45, 7) is 6.09. The minimum atomic E-state index is -0.154. The van der Waals surface area contributed by atoms with E-state index in [-0.39, 0.29) is 5.54 Å². The molecule has 4 nitrogen and oxygen atoms in total. The van der Waals surface area contributed by atoms with Crippen LogP contribution in [0.3, 0.4) is 0 Å². The molecule has 0 bridgehead atoms. The van der Waals surface area contributed by atoms with Crippen molar-refractivity contribution < 1.29 is 0 Å². The van der Waals surface area contributed by atoms with Gasteiger partial charge < -0.3 is 0 Å². The fourth-order valence-corrected chi connectivity index (χ4v) is 1.25. The highest BCUT2D eigenvalue weighted by Crippen LogP contribution is 2.15. The fourth-order valence-electron chi connectivity index (χ4n) is 1.25. The molecule has 0 amide bonds. The van der Waals surface area contributed by atoms with Gasteiger partial charge in [0.1, 0.15) is 7.85 Å². The van der Waals surface area contributed by atoms with Crippen molar-refractivity contribution in [2.24, 2.45) is 0 Å². The number of nitrogens with zero attached hydrogens (tertiary/aromatic N) is 4. The molecule has 2 radical (unpaired) electrons. The summed E-state index contributed by atoms with van der Waals surface area (Å²) in [5.74, 6) is 0.620. The average Bonchev–Trinajstić information content (AvgIpc) is 2.67. The Morgan fingerprint density at radius 3 is 2.25 bits per heavy atom. The van der Waals surface area contributed by atoms with Gasteiger partial charge in [0.05, 0.1) is 5.54 Å². The molecule has 0 saturated heterocycles. The number of benzene rings is 1. The van der Waals surface area contributed by atoms with Crippen molar-refractivity contribution in [3.05, 3.63) is 24.3 Å². The lowest BCUT2D eigenvalue weighted by atomic mass is 9.95. The number of hydrogen-bond donors (Lipinski definition) is 0. The molecule has 0 unspecified atom stereocenters. The van der Waals surface area contributed by atoms with Crippen LogP contribution in [0.1, 0.15) is 20.8 Å². The van der Waals surface area contributed by atoms with Gasteiger partial charge in [0, 0.05) is 5.56 Å². The van der Waals surface area contributed by atoms with Crippen LogP contribution in [-0.4, -0.2) is 28.1 Å². The standard InChI is InChI=1S/C11H13BN4/c1-11(2,3)16-14-10(13-15-16)8-4-6-9(12)7-5-8/h4-7H,1-3H3. The molecule has 5 heteroatoms. The van der Waals surface area contributed by atoms with E-state index in [0.29, 0.717) is 5.82 Å². The van der Waals surface area contributed by atoms with Gasteiger partial charge in [-0.3, -0.25) is 0 Å². The zero-order valence-electron chi connectivity index (χ0n) is 9.68. The zero-order valence-corrected chi connectivity index (χ0v) is 9.68. The first-order valence-corrected chi connectivity index (χ1v) is 5.13. The molecule has 2 rings (SSSR count). The van der Waals surface area contributed by atoms with E-state index >= 15 is 0 Å². The van der Waals surface area contributed by atoms with Crippen molar-refractivity contribution in [3.8, 4) is 11.4 Å². The number of aromatic nitrogens is 4. The molecule has 80 valence electrons. The lowest BCUT2D eigenvalue weighted by molar-refractivity contribution is 0.306. The van der Waals surface area contributed by atoms with Crippen molar-refractivity contribution in [1.29, 1.82) is 0 Å². The molecule has 16 heavy (non-hydrogen) atoms. The maximum atomic E-state index is 5.62. The van der Waals surface area contributed by atoms with Crippen LogP contribution in [-0.2, 0) is 5.54 Å². The Labute approximate surface area is 96.1 Å². The highest BCUT2D eigenvalue weighted by molar-refractivity contribution is 6.32. The van der Waals surface area contributed by atoms with E-state index in [1.165, 1.54) is 0 Å². The van der Waals surface area contributed by atoms with Crippen molar-refractivity contribution in [2.45, 2.75) is 26.3 Å². The summed E-state index contributed by atoms with van der Waals surface area (Å²) in [5.41, 5.74) is 1.50. The van der Waals surface area contributed by atoms with E-state index in [0.717, 1.165) is 11.0 Å². The zero-order chi connectivity index (χ0) is 11.8. The van der Waals surface area contributed by atoms with Crippen LogP contribution in [0.15, 0.2) is 24.3 Å². The Hall–Kier alpha value is -1.65. The first-order valence-electron chi connectivity index (χ1n) is 5.13. The van der Waals surface area contributed by atoms with Gasteiger partial charge in [0.2, 0.25) is 5.82 Å². The van der Waals surface area contributed by atoms with E-state index < -0.39 is 0 Å². The predicted molar refractivity (Wildman–Crippen MR) is 63.6 cm³/mol. The molecule has 0 fully saturated rings. The molecule has 0 atom stereocenters. The highest BCUT2D eigenvalue weighted by atomic mass is 15.6. The Morgan fingerprint density at radius 2 is 1.75 bits per heavy atom. The normalized spacial score (nSPS) is 11.7. The molecule has 0 saturated carbocycles. The maximum Gasteiger partial charge on any atom is 0.204 e. The number of tetrazole rings is 1. The predicted octanol–water partition coefficient (Wildman–Crippen LogP) is 0.889. The molecular weight excluding hydrogens is 199 g/mol. The van der Waals surface area contributed by atoms with Crippen molar-refractivity contribution in [1.82, 2.24) is 20.2 Å². The van der Waals surface area contributed by atoms with Gasteiger partial charge >= 0.3 is 0 Å². The van der Waals surface area contributed by atoms with Gasteiger partial charge in [-0.25, -0.2) is 0 Å². The molecule has 0 aliphatic heterocycles. The highest BCUT2D eigenvalue weighted by Gasteiger charge is 2.17.